The van der Waals surface area contributed by atoms with E-state index in [1.54, 1.807) is 6.21 Å². The second-order valence-corrected chi connectivity index (χ2v) is 8.50. The molecule has 1 fully saturated rings. The molecule has 0 saturated carbocycles. The molecule has 25 heavy (non-hydrogen) atoms. The Morgan fingerprint density at radius 1 is 1.08 bits per heavy atom. The van der Waals surface area contributed by atoms with Crippen LogP contribution < -0.4 is 5.01 Å². The van der Waals surface area contributed by atoms with Crippen molar-refractivity contribution in [3.05, 3.63) is 66.4 Å². The van der Waals surface area contributed by atoms with Crippen molar-refractivity contribution in [2.45, 2.75) is 12.5 Å². The number of aromatic nitrogens is 1. The molecular weight excluding hydrogens is 334 g/mol. The van der Waals surface area contributed by atoms with Crippen LogP contribution in [-0.2, 0) is 9.84 Å². The zero-order valence-corrected chi connectivity index (χ0v) is 14.5. The number of hydrazone groups is 1. The standard InChI is InChI=1S/C19H19N3O2S/c23-25(24)11-10-17(14-25)22(16-6-2-1-3-7-16)21-13-15-12-20-19-9-5-4-8-18(15)19/h1-9,12-13,17,20H,10-11,14H2/b21-13+/t17-/m1/s1. The summed E-state index contributed by atoms with van der Waals surface area (Å²) in [7, 11) is -2.98. The van der Waals surface area contributed by atoms with Crippen molar-refractivity contribution in [1.82, 2.24) is 4.98 Å². The summed E-state index contributed by atoms with van der Waals surface area (Å²) in [6.45, 7) is 0. The van der Waals surface area contributed by atoms with Gasteiger partial charge in [-0.05, 0) is 24.6 Å². The number of hydrogen-bond donors (Lipinski definition) is 1. The Labute approximate surface area is 146 Å². The number of rotatable bonds is 4. The molecule has 2 aromatic carbocycles. The third-order valence-corrected chi connectivity index (χ3v) is 6.27. The molecule has 0 amide bonds. The van der Waals surface area contributed by atoms with Gasteiger partial charge in [-0.15, -0.1) is 0 Å². The first-order chi connectivity index (χ1) is 12.1. The first-order valence-corrected chi connectivity index (χ1v) is 10.1. The number of hydrogen-bond acceptors (Lipinski definition) is 4. The maximum absolute atomic E-state index is 11.9. The minimum atomic E-state index is -2.98. The summed E-state index contributed by atoms with van der Waals surface area (Å²) < 4.78 is 23.8. The van der Waals surface area contributed by atoms with E-state index in [4.69, 9.17) is 0 Å². The summed E-state index contributed by atoms with van der Waals surface area (Å²) in [4.78, 5) is 3.23. The van der Waals surface area contributed by atoms with Crippen LogP contribution in [0, 0.1) is 0 Å². The fourth-order valence-corrected chi connectivity index (χ4v) is 4.94. The summed E-state index contributed by atoms with van der Waals surface area (Å²) in [6, 6.07) is 17.6. The normalized spacial score (nSPS) is 19.6. The number of nitrogens with zero attached hydrogens (tertiary/aromatic N) is 2. The van der Waals surface area contributed by atoms with Gasteiger partial charge in [0.15, 0.2) is 9.84 Å². The smallest absolute Gasteiger partial charge is 0.152 e. The van der Waals surface area contributed by atoms with Crippen LogP contribution in [0.15, 0.2) is 65.9 Å². The first kappa shape index (κ1) is 15.9. The lowest BCUT2D eigenvalue weighted by Gasteiger charge is -2.25. The summed E-state index contributed by atoms with van der Waals surface area (Å²) in [5.74, 6) is 0.372. The van der Waals surface area contributed by atoms with Gasteiger partial charge in [-0.2, -0.15) is 5.10 Å². The highest BCUT2D eigenvalue weighted by Gasteiger charge is 2.32. The highest BCUT2D eigenvalue weighted by molar-refractivity contribution is 7.91. The summed E-state index contributed by atoms with van der Waals surface area (Å²) in [5, 5.41) is 7.59. The third-order valence-electron chi connectivity index (χ3n) is 4.52. The number of para-hydroxylation sites is 2. The van der Waals surface area contributed by atoms with Crippen molar-refractivity contribution in [3.63, 3.8) is 0 Å². The number of fused-ring (bicyclic) bond motifs is 1. The Kier molecular flexibility index (Phi) is 4.05. The minimum absolute atomic E-state index is 0.131. The van der Waals surface area contributed by atoms with Crippen LogP contribution in [0.4, 0.5) is 5.69 Å². The molecule has 6 heteroatoms. The average molecular weight is 353 g/mol. The number of H-pyrrole nitrogens is 1. The van der Waals surface area contributed by atoms with Gasteiger partial charge < -0.3 is 4.98 Å². The van der Waals surface area contributed by atoms with Crippen LogP contribution in [-0.4, -0.2) is 37.2 Å². The largest absolute Gasteiger partial charge is 0.361 e. The molecule has 0 spiro atoms. The molecule has 1 N–H and O–H groups in total. The van der Waals surface area contributed by atoms with E-state index < -0.39 is 9.84 Å². The van der Waals surface area contributed by atoms with Gasteiger partial charge in [0, 0.05) is 22.7 Å². The highest BCUT2D eigenvalue weighted by atomic mass is 32.2. The Hall–Kier alpha value is -2.60. The van der Waals surface area contributed by atoms with Crippen LogP contribution in [0.5, 0.6) is 0 Å². The third kappa shape index (κ3) is 3.30. The molecule has 0 unspecified atom stereocenters. The van der Waals surface area contributed by atoms with Gasteiger partial charge in [0.1, 0.15) is 0 Å². The molecule has 0 aliphatic carbocycles. The second kappa shape index (κ2) is 6.37. The van der Waals surface area contributed by atoms with Crippen LogP contribution in [0.3, 0.4) is 0 Å². The minimum Gasteiger partial charge on any atom is -0.361 e. The predicted molar refractivity (Wildman–Crippen MR) is 102 cm³/mol. The van der Waals surface area contributed by atoms with Crippen molar-refractivity contribution < 1.29 is 8.42 Å². The van der Waals surface area contributed by atoms with E-state index in [0.717, 1.165) is 22.2 Å². The van der Waals surface area contributed by atoms with Gasteiger partial charge in [0.05, 0.1) is 29.4 Å². The van der Waals surface area contributed by atoms with Crippen molar-refractivity contribution >= 4 is 32.6 Å². The number of sulfone groups is 1. The summed E-state index contributed by atoms with van der Waals surface area (Å²) in [5.41, 5.74) is 2.94. The highest BCUT2D eigenvalue weighted by Crippen LogP contribution is 2.25. The summed E-state index contributed by atoms with van der Waals surface area (Å²) >= 11 is 0. The monoisotopic (exact) mass is 353 g/mol. The molecule has 1 aliphatic rings. The van der Waals surface area contributed by atoms with E-state index in [-0.39, 0.29) is 17.5 Å². The molecule has 4 rings (SSSR count). The molecule has 1 saturated heterocycles. The van der Waals surface area contributed by atoms with Gasteiger partial charge in [-0.1, -0.05) is 36.4 Å². The van der Waals surface area contributed by atoms with E-state index in [2.05, 4.69) is 10.1 Å². The number of aromatic amines is 1. The lowest BCUT2D eigenvalue weighted by Crippen LogP contribution is -2.31. The van der Waals surface area contributed by atoms with Gasteiger partial charge in [-0.3, -0.25) is 5.01 Å². The van der Waals surface area contributed by atoms with E-state index in [0.29, 0.717) is 6.42 Å². The Bertz CT molecular complexity index is 1010. The average Bonchev–Trinajstić information content (AvgIpc) is 3.19. The van der Waals surface area contributed by atoms with Crippen LogP contribution in [0.1, 0.15) is 12.0 Å². The summed E-state index contributed by atoms with van der Waals surface area (Å²) in [6.07, 6.45) is 4.32. The maximum Gasteiger partial charge on any atom is 0.152 e. The topological polar surface area (TPSA) is 65.5 Å². The van der Waals surface area contributed by atoms with Crippen molar-refractivity contribution in [3.8, 4) is 0 Å². The molecule has 2 heterocycles. The maximum atomic E-state index is 11.9. The number of benzene rings is 2. The first-order valence-electron chi connectivity index (χ1n) is 8.27. The lowest BCUT2D eigenvalue weighted by molar-refractivity contribution is 0.600. The van der Waals surface area contributed by atoms with Crippen LogP contribution >= 0.6 is 0 Å². The molecule has 5 nitrogen and oxygen atoms in total. The molecule has 0 bridgehead atoms. The fourth-order valence-electron chi connectivity index (χ4n) is 3.25. The van der Waals surface area contributed by atoms with Gasteiger partial charge >= 0.3 is 0 Å². The zero-order valence-electron chi connectivity index (χ0n) is 13.7. The molecule has 1 aromatic heterocycles. The van der Waals surface area contributed by atoms with E-state index in [9.17, 15) is 8.42 Å². The fraction of sp³-hybridized carbons (Fsp3) is 0.211. The molecule has 0 radical (unpaired) electrons. The van der Waals surface area contributed by atoms with Crippen molar-refractivity contribution in [2.24, 2.45) is 5.10 Å². The Morgan fingerprint density at radius 2 is 1.84 bits per heavy atom. The van der Waals surface area contributed by atoms with Crippen LogP contribution in [0.25, 0.3) is 10.9 Å². The van der Waals surface area contributed by atoms with Crippen molar-refractivity contribution in [1.29, 1.82) is 0 Å². The van der Waals surface area contributed by atoms with Gasteiger partial charge in [0.2, 0.25) is 0 Å². The van der Waals surface area contributed by atoms with Crippen LogP contribution in [0.2, 0.25) is 0 Å². The van der Waals surface area contributed by atoms with Gasteiger partial charge in [0.25, 0.3) is 0 Å². The molecule has 1 aliphatic heterocycles. The van der Waals surface area contributed by atoms with Gasteiger partial charge in [-0.25, -0.2) is 8.42 Å². The SMILES string of the molecule is O=S1(=O)CC[C@@H](N(/N=C/c2c[nH]c3ccccc23)c2ccccc2)C1. The molecule has 3 aromatic rings. The number of anilines is 1. The van der Waals surface area contributed by atoms with E-state index in [1.165, 1.54) is 0 Å². The zero-order chi connectivity index (χ0) is 17.3. The second-order valence-electron chi connectivity index (χ2n) is 6.27. The Balaban J connectivity index is 1.69. The van der Waals surface area contributed by atoms with E-state index >= 15 is 0 Å². The molecular formula is C19H19N3O2S. The Morgan fingerprint density at radius 3 is 2.60 bits per heavy atom. The lowest BCUT2D eigenvalue weighted by atomic mass is 10.2. The number of nitrogens with one attached hydrogen (secondary N) is 1. The quantitative estimate of drug-likeness (QED) is 0.579. The molecule has 1 atom stereocenters. The van der Waals surface area contributed by atoms with Crippen molar-refractivity contribution in [2.75, 3.05) is 16.5 Å². The van der Waals surface area contributed by atoms with E-state index in [1.807, 2.05) is 65.8 Å². The molecule has 128 valence electrons. The predicted octanol–water partition coefficient (Wildman–Crippen LogP) is 3.20.